The van der Waals surface area contributed by atoms with Gasteiger partial charge in [0, 0.05) is 0 Å². The third-order valence-electron chi connectivity index (χ3n) is 4.00. The van der Waals surface area contributed by atoms with Gasteiger partial charge >= 0.3 is 11.9 Å². The average Bonchev–Trinajstić information content (AvgIpc) is 2.61. The molecule has 0 aliphatic heterocycles. The fourth-order valence-electron chi connectivity index (χ4n) is 2.70. The maximum absolute atomic E-state index is 12.4. The van der Waals surface area contributed by atoms with E-state index >= 15 is 0 Å². The molecule has 0 fully saturated rings. The van der Waals surface area contributed by atoms with E-state index < -0.39 is 11.9 Å². The topological polar surface area (TPSA) is 63.6 Å². The van der Waals surface area contributed by atoms with Gasteiger partial charge in [0.1, 0.15) is 0 Å². The van der Waals surface area contributed by atoms with Crippen LogP contribution in [-0.2, 0) is 4.74 Å². The SMILES string of the molecule is CC(C)CCCCOC(=O)c1ccccc1-c1ccccc1C(=O)O. The Morgan fingerprint density at radius 1 is 0.920 bits per heavy atom. The molecule has 4 heteroatoms. The predicted octanol–water partition coefficient (Wildman–Crippen LogP) is 5.03. The molecule has 0 spiro atoms. The summed E-state index contributed by atoms with van der Waals surface area (Å²) in [7, 11) is 0. The number of unbranched alkanes of at least 4 members (excludes halogenated alkanes) is 1. The molecular weight excluding hydrogens is 316 g/mol. The van der Waals surface area contributed by atoms with Crippen molar-refractivity contribution in [1.82, 2.24) is 0 Å². The van der Waals surface area contributed by atoms with E-state index in [-0.39, 0.29) is 5.56 Å². The van der Waals surface area contributed by atoms with Crippen molar-refractivity contribution >= 4 is 11.9 Å². The molecule has 0 atom stereocenters. The van der Waals surface area contributed by atoms with E-state index in [1.54, 1.807) is 42.5 Å². The van der Waals surface area contributed by atoms with Crippen molar-refractivity contribution < 1.29 is 19.4 Å². The molecule has 0 bridgehead atoms. The van der Waals surface area contributed by atoms with Crippen LogP contribution in [0.4, 0.5) is 0 Å². The lowest BCUT2D eigenvalue weighted by molar-refractivity contribution is 0.0497. The summed E-state index contributed by atoms with van der Waals surface area (Å²) in [4.78, 5) is 23.9. The highest BCUT2D eigenvalue weighted by molar-refractivity contribution is 6.02. The summed E-state index contributed by atoms with van der Waals surface area (Å²) in [5, 5.41) is 9.39. The molecule has 0 aliphatic rings. The molecule has 0 saturated heterocycles. The lowest BCUT2D eigenvalue weighted by Gasteiger charge is -2.12. The number of esters is 1. The Morgan fingerprint density at radius 3 is 2.08 bits per heavy atom. The van der Waals surface area contributed by atoms with E-state index in [1.165, 1.54) is 6.07 Å². The molecule has 2 aromatic carbocycles. The minimum Gasteiger partial charge on any atom is -0.478 e. The number of carbonyl (C=O) groups is 2. The summed E-state index contributed by atoms with van der Waals surface area (Å²) in [5.74, 6) is -0.795. The van der Waals surface area contributed by atoms with E-state index in [4.69, 9.17) is 4.74 Å². The largest absolute Gasteiger partial charge is 0.478 e. The number of ether oxygens (including phenoxy) is 1. The van der Waals surface area contributed by atoms with Crippen molar-refractivity contribution in [2.75, 3.05) is 6.61 Å². The molecule has 2 rings (SSSR count). The van der Waals surface area contributed by atoms with E-state index in [2.05, 4.69) is 13.8 Å². The van der Waals surface area contributed by atoms with E-state index in [1.807, 2.05) is 0 Å². The van der Waals surface area contributed by atoms with Gasteiger partial charge in [0.25, 0.3) is 0 Å². The molecule has 0 radical (unpaired) electrons. The van der Waals surface area contributed by atoms with Gasteiger partial charge in [0.05, 0.1) is 17.7 Å². The zero-order valence-corrected chi connectivity index (χ0v) is 14.7. The maximum Gasteiger partial charge on any atom is 0.338 e. The van der Waals surface area contributed by atoms with Crippen molar-refractivity contribution in [2.45, 2.75) is 33.1 Å². The molecule has 0 aliphatic carbocycles. The number of benzene rings is 2. The Morgan fingerprint density at radius 2 is 1.48 bits per heavy atom. The Labute approximate surface area is 148 Å². The minimum atomic E-state index is -1.02. The van der Waals surface area contributed by atoms with Crippen LogP contribution in [0.25, 0.3) is 11.1 Å². The average molecular weight is 340 g/mol. The smallest absolute Gasteiger partial charge is 0.338 e. The molecule has 25 heavy (non-hydrogen) atoms. The van der Waals surface area contributed by atoms with Crippen LogP contribution in [0.15, 0.2) is 48.5 Å². The van der Waals surface area contributed by atoms with Gasteiger partial charge in [-0.3, -0.25) is 0 Å². The number of hydrogen-bond donors (Lipinski definition) is 1. The van der Waals surface area contributed by atoms with Crippen LogP contribution in [-0.4, -0.2) is 23.7 Å². The summed E-state index contributed by atoms with van der Waals surface area (Å²) in [6.45, 7) is 4.71. The molecule has 0 aromatic heterocycles. The minimum absolute atomic E-state index is 0.166. The van der Waals surface area contributed by atoms with Crippen LogP contribution in [0.5, 0.6) is 0 Å². The first-order valence-corrected chi connectivity index (χ1v) is 8.59. The first kappa shape index (κ1) is 18.7. The fraction of sp³-hybridized carbons (Fsp3) is 0.333. The van der Waals surface area contributed by atoms with Gasteiger partial charge in [0.15, 0.2) is 0 Å². The van der Waals surface area contributed by atoms with E-state index in [9.17, 15) is 14.7 Å². The molecule has 4 nitrogen and oxygen atoms in total. The highest BCUT2D eigenvalue weighted by Crippen LogP contribution is 2.28. The van der Waals surface area contributed by atoms with E-state index in [0.717, 1.165) is 19.3 Å². The highest BCUT2D eigenvalue weighted by atomic mass is 16.5. The van der Waals surface area contributed by atoms with Crippen molar-refractivity contribution in [2.24, 2.45) is 5.92 Å². The second-order valence-electron chi connectivity index (χ2n) is 6.42. The normalized spacial score (nSPS) is 10.7. The van der Waals surface area contributed by atoms with Crippen LogP contribution in [0.1, 0.15) is 53.8 Å². The van der Waals surface area contributed by atoms with Crippen molar-refractivity contribution in [3.05, 3.63) is 59.7 Å². The van der Waals surface area contributed by atoms with E-state index in [0.29, 0.717) is 29.2 Å². The van der Waals surface area contributed by atoms with Gasteiger partial charge in [-0.2, -0.15) is 0 Å². The summed E-state index contributed by atoms with van der Waals surface area (Å²) in [5.41, 5.74) is 1.65. The molecule has 0 unspecified atom stereocenters. The van der Waals surface area contributed by atoms with Gasteiger partial charge < -0.3 is 9.84 Å². The second-order valence-corrected chi connectivity index (χ2v) is 6.42. The van der Waals surface area contributed by atoms with Gasteiger partial charge in [-0.05, 0) is 42.0 Å². The van der Waals surface area contributed by atoms with Crippen LogP contribution in [0.2, 0.25) is 0 Å². The molecule has 1 N–H and O–H groups in total. The Kier molecular flexibility index (Phi) is 6.75. The molecule has 2 aromatic rings. The van der Waals surface area contributed by atoms with Crippen molar-refractivity contribution in [1.29, 1.82) is 0 Å². The van der Waals surface area contributed by atoms with Crippen LogP contribution in [0, 0.1) is 5.92 Å². The van der Waals surface area contributed by atoms with Gasteiger partial charge in [-0.25, -0.2) is 9.59 Å². The molecule has 0 heterocycles. The summed E-state index contributed by atoms with van der Waals surface area (Å²) in [6, 6.07) is 13.6. The number of hydrogen-bond acceptors (Lipinski definition) is 3. The predicted molar refractivity (Wildman–Crippen MR) is 97.8 cm³/mol. The zero-order chi connectivity index (χ0) is 18.2. The Bertz CT molecular complexity index is 734. The number of carbonyl (C=O) groups excluding carboxylic acids is 1. The first-order chi connectivity index (χ1) is 12.0. The lowest BCUT2D eigenvalue weighted by atomic mass is 9.95. The van der Waals surface area contributed by atoms with Crippen molar-refractivity contribution in [3.8, 4) is 11.1 Å². The maximum atomic E-state index is 12.4. The third-order valence-corrected chi connectivity index (χ3v) is 4.00. The van der Waals surface area contributed by atoms with Gasteiger partial charge in [0.2, 0.25) is 0 Å². The quantitative estimate of drug-likeness (QED) is 0.540. The molecule has 0 amide bonds. The zero-order valence-electron chi connectivity index (χ0n) is 14.7. The standard InChI is InChI=1S/C21H24O4/c1-15(2)9-7-8-14-25-21(24)19-13-6-4-11-17(19)16-10-3-5-12-18(16)20(22)23/h3-6,10-13,15H,7-9,14H2,1-2H3,(H,22,23). The Balaban J connectivity index is 2.16. The van der Waals surface area contributed by atoms with Crippen LogP contribution >= 0.6 is 0 Å². The number of carboxylic acid groups (broad SMARTS) is 1. The third kappa shape index (κ3) is 5.18. The fourth-order valence-corrected chi connectivity index (χ4v) is 2.70. The molecule has 0 saturated carbocycles. The molecular formula is C21H24O4. The summed E-state index contributed by atoms with van der Waals surface area (Å²) >= 11 is 0. The number of aromatic carboxylic acids is 1. The van der Waals surface area contributed by atoms with Crippen LogP contribution < -0.4 is 0 Å². The molecule has 132 valence electrons. The second kappa shape index (κ2) is 9.02. The lowest BCUT2D eigenvalue weighted by Crippen LogP contribution is -2.09. The summed E-state index contributed by atoms with van der Waals surface area (Å²) < 4.78 is 5.39. The van der Waals surface area contributed by atoms with Crippen LogP contribution in [0.3, 0.4) is 0 Å². The van der Waals surface area contributed by atoms with Gasteiger partial charge in [-0.1, -0.05) is 56.7 Å². The van der Waals surface area contributed by atoms with Gasteiger partial charge in [-0.15, -0.1) is 0 Å². The number of carboxylic acids is 1. The number of rotatable bonds is 8. The Hall–Kier alpha value is -2.62. The first-order valence-electron chi connectivity index (χ1n) is 8.59. The summed E-state index contributed by atoms with van der Waals surface area (Å²) in [6.07, 6.45) is 2.96. The van der Waals surface area contributed by atoms with Crippen molar-refractivity contribution in [3.63, 3.8) is 0 Å². The highest BCUT2D eigenvalue weighted by Gasteiger charge is 2.18. The monoisotopic (exact) mass is 340 g/mol.